The number of nitrogens with zero attached hydrogens (tertiary/aromatic N) is 1. The van der Waals surface area contributed by atoms with Gasteiger partial charge in [0.05, 0.1) is 18.9 Å². The number of methoxy groups -OCH3 is 1. The van der Waals surface area contributed by atoms with Crippen LogP contribution in [0.4, 0.5) is 0 Å². The number of amides is 2. The molecule has 0 spiro atoms. The van der Waals surface area contributed by atoms with Gasteiger partial charge in [-0.1, -0.05) is 49.7 Å². The number of nitrogens with one attached hydrogen (secondary N) is 1. The largest absolute Gasteiger partial charge is 0.496 e. The molecular weight excluding hydrogens is 504 g/mol. The maximum Gasteiger partial charge on any atom is 0.251 e. The summed E-state index contributed by atoms with van der Waals surface area (Å²) in [4.78, 5) is 27.6. The van der Waals surface area contributed by atoms with Gasteiger partial charge in [-0.3, -0.25) is 9.59 Å². The molecule has 0 aliphatic carbocycles. The second-order valence-corrected chi connectivity index (χ2v) is 11.2. The van der Waals surface area contributed by atoms with Gasteiger partial charge in [0.25, 0.3) is 5.91 Å². The lowest BCUT2D eigenvalue weighted by Gasteiger charge is -2.24. The Morgan fingerprint density at radius 1 is 1.08 bits per heavy atom. The summed E-state index contributed by atoms with van der Waals surface area (Å²) in [6.45, 7) is 8.83. The van der Waals surface area contributed by atoms with Crippen molar-refractivity contribution in [2.75, 3.05) is 12.9 Å². The summed E-state index contributed by atoms with van der Waals surface area (Å²) < 4.78 is 5.56. The molecule has 2 amide bonds. The summed E-state index contributed by atoms with van der Waals surface area (Å²) in [6, 6.07) is 19.1. The Morgan fingerprint density at radius 3 is 2.38 bits per heavy atom. The van der Waals surface area contributed by atoms with E-state index in [0.29, 0.717) is 28.8 Å². The topological polar surface area (TPSA) is 58.6 Å². The van der Waals surface area contributed by atoms with Gasteiger partial charge in [-0.25, -0.2) is 0 Å². The number of carbonyl (C=O) groups is 2. The van der Waals surface area contributed by atoms with Gasteiger partial charge in [0.15, 0.2) is 0 Å². The molecule has 2 atom stereocenters. The number of ether oxygens (including phenoxy) is 1. The summed E-state index contributed by atoms with van der Waals surface area (Å²) in [6.07, 6.45) is 0. The van der Waals surface area contributed by atoms with Gasteiger partial charge in [-0.05, 0) is 84.0 Å². The zero-order valence-corrected chi connectivity index (χ0v) is 23.5. The minimum absolute atomic E-state index is 0.0874. The number of carbonyl (C=O) groups excluding carboxylic acids is 2. The van der Waals surface area contributed by atoms with Crippen molar-refractivity contribution < 1.29 is 14.3 Å². The van der Waals surface area contributed by atoms with E-state index in [1.54, 1.807) is 18.9 Å². The van der Waals surface area contributed by atoms with E-state index >= 15 is 0 Å². The van der Waals surface area contributed by atoms with Crippen molar-refractivity contribution in [3.63, 3.8) is 0 Å². The fourth-order valence-electron chi connectivity index (χ4n) is 4.65. The number of benzene rings is 3. The Morgan fingerprint density at radius 2 is 1.76 bits per heavy atom. The van der Waals surface area contributed by atoms with Crippen LogP contribution in [0.15, 0.2) is 60.7 Å². The van der Waals surface area contributed by atoms with Crippen molar-refractivity contribution in [1.82, 2.24) is 10.2 Å². The summed E-state index contributed by atoms with van der Waals surface area (Å²) in [5.74, 6) is 1.60. The second-order valence-electron chi connectivity index (χ2n) is 9.73. The Bertz CT molecular complexity index is 1280. The molecule has 0 radical (unpaired) electrons. The van der Waals surface area contributed by atoms with E-state index in [-0.39, 0.29) is 23.2 Å². The quantitative estimate of drug-likeness (QED) is 0.335. The predicted molar refractivity (Wildman–Crippen MR) is 151 cm³/mol. The summed E-state index contributed by atoms with van der Waals surface area (Å²) >= 11 is 7.61. The van der Waals surface area contributed by atoms with Gasteiger partial charge in [0.1, 0.15) is 11.1 Å². The molecule has 0 aromatic heterocycles. The number of halogens is 1. The molecule has 0 saturated carbocycles. The molecule has 1 N–H and O–H groups in total. The van der Waals surface area contributed by atoms with Crippen LogP contribution >= 0.6 is 23.4 Å². The van der Waals surface area contributed by atoms with Gasteiger partial charge in [-0.2, -0.15) is 0 Å². The summed E-state index contributed by atoms with van der Waals surface area (Å²) in [7, 11) is 1.69. The first kappa shape index (κ1) is 27.1. The molecular formula is C30H33ClN2O3S. The van der Waals surface area contributed by atoms with E-state index in [1.807, 2.05) is 73.3 Å². The maximum absolute atomic E-state index is 13.1. The van der Waals surface area contributed by atoms with E-state index in [0.717, 1.165) is 33.6 Å². The number of hydrogen-bond acceptors (Lipinski definition) is 4. The first-order valence-corrected chi connectivity index (χ1v) is 13.9. The highest BCUT2D eigenvalue weighted by molar-refractivity contribution is 8.00. The first-order chi connectivity index (χ1) is 17.7. The molecule has 3 aromatic carbocycles. The van der Waals surface area contributed by atoms with Gasteiger partial charge < -0.3 is 15.0 Å². The Hall–Kier alpha value is -2.96. The molecule has 37 heavy (non-hydrogen) atoms. The van der Waals surface area contributed by atoms with Crippen molar-refractivity contribution in [2.45, 2.75) is 51.6 Å². The number of rotatable bonds is 8. The minimum Gasteiger partial charge on any atom is -0.496 e. The standard InChI is InChI=1S/C30H33ClN2O3S/c1-18(2)25-15-26(19(3)14-27(25)36-5)20(4)32-29(35)22-8-10-23(11-9-22)30-33(28(34)17-37-30)16-21-6-12-24(31)13-7-21/h6-15,18,20,30H,16-17H2,1-5H3,(H,32,35)/t20-,30-/m0/s1. The Kier molecular flexibility index (Phi) is 8.50. The van der Waals surface area contributed by atoms with Gasteiger partial charge in [-0.15, -0.1) is 11.8 Å². The molecule has 3 aromatic rings. The van der Waals surface area contributed by atoms with Crippen LogP contribution < -0.4 is 10.1 Å². The number of aryl methyl sites for hydroxylation is 1. The lowest BCUT2D eigenvalue weighted by molar-refractivity contribution is -0.128. The Balaban J connectivity index is 1.46. The maximum atomic E-state index is 13.1. The molecule has 0 bridgehead atoms. The van der Waals surface area contributed by atoms with Crippen LogP contribution in [-0.2, 0) is 11.3 Å². The fraction of sp³-hybridized carbons (Fsp3) is 0.333. The van der Waals surface area contributed by atoms with Gasteiger partial charge in [0, 0.05) is 17.1 Å². The predicted octanol–water partition coefficient (Wildman–Crippen LogP) is 7.05. The van der Waals surface area contributed by atoms with Crippen molar-refractivity contribution >= 4 is 35.2 Å². The summed E-state index contributed by atoms with van der Waals surface area (Å²) in [5, 5.41) is 3.73. The highest BCUT2D eigenvalue weighted by Gasteiger charge is 2.32. The first-order valence-electron chi connectivity index (χ1n) is 12.4. The van der Waals surface area contributed by atoms with Crippen LogP contribution in [0.3, 0.4) is 0 Å². The molecule has 5 nitrogen and oxygen atoms in total. The lowest BCUT2D eigenvalue weighted by atomic mass is 9.93. The van der Waals surface area contributed by atoms with E-state index in [9.17, 15) is 9.59 Å². The molecule has 0 unspecified atom stereocenters. The van der Waals surface area contributed by atoms with E-state index < -0.39 is 0 Å². The highest BCUT2D eigenvalue weighted by Crippen LogP contribution is 2.39. The van der Waals surface area contributed by atoms with Gasteiger partial charge in [0.2, 0.25) is 5.91 Å². The van der Waals surface area contributed by atoms with Crippen molar-refractivity contribution in [3.8, 4) is 5.75 Å². The molecule has 1 fully saturated rings. The van der Waals surface area contributed by atoms with Gasteiger partial charge >= 0.3 is 0 Å². The molecule has 194 valence electrons. The fourth-order valence-corrected chi connectivity index (χ4v) is 5.97. The molecule has 7 heteroatoms. The van der Waals surface area contributed by atoms with Crippen molar-refractivity contribution in [1.29, 1.82) is 0 Å². The number of hydrogen-bond donors (Lipinski definition) is 1. The molecule has 1 heterocycles. The zero-order valence-electron chi connectivity index (χ0n) is 21.9. The van der Waals surface area contributed by atoms with Crippen LogP contribution in [0.1, 0.15) is 76.3 Å². The normalized spacial score (nSPS) is 16.2. The molecule has 4 rings (SSSR count). The van der Waals surface area contributed by atoms with Crippen LogP contribution in [0.5, 0.6) is 5.75 Å². The lowest BCUT2D eigenvalue weighted by Crippen LogP contribution is -2.28. The SMILES string of the molecule is COc1cc(C)c([C@H](C)NC(=O)c2ccc([C@@H]3SCC(=O)N3Cc3ccc(Cl)cc3)cc2)cc1C(C)C. The Labute approximate surface area is 228 Å². The minimum atomic E-state index is -0.159. The second kappa shape index (κ2) is 11.6. The molecule has 1 aliphatic rings. The number of thioether (sulfide) groups is 1. The van der Waals surface area contributed by atoms with E-state index in [4.69, 9.17) is 16.3 Å². The average Bonchev–Trinajstić information content (AvgIpc) is 3.24. The van der Waals surface area contributed by atoms with Crippen molar-refractivity contribution in [3.05, 3.63) is 99.1 Å². The third kappa shape index (κ3) is 6.13. The summed E-state index contributed by atoms with van der Waals surface area (Å²) in [5.41, 5.74) is 5.90. The smallest absolute Gasteiger partial charge is 0.251 e. The van der Waals surface area contributed by atoms with Crippen LogP contribution in [0.2, 0.25) is 5.02 Å². The molecule has 1 aliphatic heterocycles. The third-order valence-corrected chi connectivity index (χ3v) is 8.25. The van der Waals surface area contributed by atoms with Crippen LogP contribution in [0.25, 0.3) is 0 Å². The third-order valence-electron chi connectivity index (χ3n) is 6.75. The van der Waals surface area contributed by atoms with Crippen LogP contribution in [0, 0.1) is 6.92 Å². The van der Waals surface area contributed by atoms with E-state index in [2.05, 4.69) is 25.2 Å². The van der Waals surface area contributed by atoms with Crippen LogP contribution in [-0.4, -0.2) is 29.6 Å². The highest BCUT2D eigenvalue weighted by atomic mass is 35.5. The molecule has 1 saturated heterocycles. The average molecular weight is 537 g/mol. The zero-order chi connectivity index (χ0) is 26.7. The monoisotopic (exact) mass is 536 g/mol. The van der Waals surface area contributed by atoms with E-state index in [1.165, 1.54) is 0 Å². The van der Waals surface area contributed by atoms with Crippen molar-refractivity contribution in [2.24, 2.45) is 0 Å².